The van der Waals surface area contributed by atoms with E-state index in [0.717, 1.165) is 12.1 Å². The lowest BCUT2D eigenvalue weighted by atomic mass is 10.2. The third-order valence-electron chi connectivity index (χ3n) is 1.69. The van der Waals surface area contributed by atoms with E-state index in [1.165, 1.54) is 12.1 Å². The Morgan fingerprint density at radius 3 is 1.71 bits per heavy atom. The molecule has 90 valence electrons. The fourth-order valence-electron chi connectivity index (χ4n) is 0.967. The Kier molecular flexibility index (Phi) is 4.45. The quantitative estimate of drug-likeness (QED) is 0.772. The van der Waals surface area contributed by atoms with Crippen LogP contribution in [0.2, 0.25) is 0 Å². The van der Waals surface area contributed by atoms with Crippen molar-refractivity contribution < 1.29 is 18.3 Å². The van der Waals surface area contributed by atoms with Crippen molar-refractivity contribution in [2.24, 2.45) is 0 Å². The van der Waals surface area contributed by atoms with Gasteiger partial charge in [0.1, 0.15) is 5.75 Å². The third-order valence-corrected chi connectivity index (χ3v) is 1.69. The number of phenolic OH excluding ortho intramolecular Hbond substituents is 1. The molecule has 0 unspecified atom stereocenters. The molecular formula is C11H9F3N2O. The van der Waals surface area contributed by atoms with Crippen LogP contribution in [-0.2, 0) is 6.18 Å². The lowest BCUT2D eigenvalue weighted by Gasteiger charge is -2.06. The van der Waals surface area contributed by atoms with Crippen molar-refractivity contribution in [3.05, 3.63) is 54.4 Å². The Labute approximate surface area is 95.6 Å². The molecule has 1 N–H and O–H groups in total. The Morgan fingerprint density at radius 2 is 1.41 bits per heavy atom. The smallest absolute Gasteiger partial charge is 0.419 e. The van der Waals surface area contributed by atoms with Gasteiger partial charge in [-0.3, -0.25) is 0 Å². The van der Waals surface area contributed by atoms with Gasteiger partial charge in [0.25, 0.3) is 0 Å². The summed E-state index contributed by atoms with van der Waals surface area (Å²) in [6, 6.07) is 8.05. The number of rotatable bonds is 0. The number of para-hydroxylation sites is 1. The first-order valence-corrected chi connectivity index (χ1v) is 4.58. The first-order valence-electron chi connectivity index (χ1n) is 4.58. The van der Waals surface area contributed by atoms with Gasteiger partial charge < -0.3 is 5.11 Å². The zero-order valence-corrected chi connectivity index (χ0v) is 8.59. The van der Waals surface area contributed by atoms with Crippen LogP contribution in [0.3, 0.4) is 0 Å². The molecule has 2 aromatic rings. The molecule has 0 aliphatic rings. The molecule has 0 fully saturated rings. The molecule has 0 aliphatic heterocycles. The second-order valence-corrected chi connectivity index (χ2v) is 2.93. The number of benzene rings is 1. The Morgan fingerprint density at radius 1 is 0.882 bits per heavy atom. The lowest BCUT2D eigenvalue weighted by molar-refractivity contribution is -0.138. The van der Waals surface area contributed by atoms with Crippen LogP contribution in [0.25, 0.3) is 0 Å². The average molecular weight is 242 g/mol. The monoisotopic (exact) mass is 242 g/mol. The molecule has 0 amide bonds. The second kappa shape index (κ2) is 5.83. The highest BCUT2D eigenvalue weighted by atomic mass is 19.4. The highest BCUT2D eigenvalue weighted by molar-refractivity contribution is 5.33. The van der Waals surface area contributed by atoms with Crippen LogP contribution in [0.1, 0.15) is 5.56 Å². The summed E-state index contributed by atoms with van der Waals surface area (Å²) < 4.78 is 35.7. The molecule has 0 radical (unpaired) electrons. The molecule has 6 heteroatoms. The number of aromatic hydroxyl groups is 1. The summed E-state index contributed by atoms with van der Waals surface area (Å²) in [7, 11) is 0. The molecule has 0 aliphatic carbocycles. The average Bonchev–Trinajstić information content (AvgIpc) is 2.31. The van der Waals surface area contributed by atoms with Crippen molar-refractivity contribution in [1.82, 2.24) is 10.2 Å². The van der Waals surface area contributed by atoms with Crippen LogP contribution in [0.4, 0.5) is 13.2 Å². The van der Waals surface area contributed by atoms with E-state index >= 15 is 0 Å². The zero-order chi connectivity index (χ0) is 12.7. The normalized spacial score (nSPS) is 10.3. The maximum atomic E-state index is 11.9. The minimum Gasteiger partial charge on any atom is -0.507 e. The van der Waals surface area contributed by atoms with Crippen molar-refractivity contribution in [2.45, 2.75) is 6.18 Å². The van der Waals surface area contributed by atoms with Crippen LogP contribution in [0.5, 0.6) is 5.75 Å². The summed E-state index contributed by atoms with van der Waals surface area (Å²) in [5.41, 5.74) is -1.000. The molecule has 0 saturated carbocycles. The van der Waals surface area contributed by atoms with Gasteiger partial charge in [-0.2, -0.15) is 23.4 Å². The van der Waals surface area contributed by atoms with Crippen molar-refractivity contribution in [1.29, 1.82) is 0 Å². The highest BCUT2D eigenvalue weighted by Gasteiger charge is 2.33. The summed E-state index contributed by atoms with van der Waals surface area (Å²) in [5, 5.41) is 15.8. The summed E-state index contributed by atoms with van der Waals surface area (Å²) in [5.74, 6) is -0.736. The van der Waals surface area contributed by atoms with E-state index in [4.69, 9.17) is 5.11 Å². The number of hydrogen-bond donors (Lipinski definition) is 1. The van der Waals surface area contributed by atoms with Gasteiger partial charge in [-0.05, 0) is 24.3 Å². The molecule has 0 atom stereocenters. The molecule has 0 spiro atoms. The molecule has 0 saturated heterocycles. The van der Waals surface area contributed by atoms with Gasteiger partial charge in [-0.25, -0.2) is 0 Å². The van der Waals surface area contributed by atoms with E-state index in [9.17, 15) is 13.2 Å². The molecule has 3 nitrogen and oxygen atoms in total. The highest BCUT2D eigenvalue weighted by Crippen LogP contribution is 2.34. The third kappa shape index (κ3) is 4.50. The number of nitrogens with zero attached hydrogens (tertiary/aromatic N) is 2. The minimum absolute atomic E-state index is 0.736. The number of phenols is 1. The topological polar surface area (TPSA) is 46.0 Å². The van der Waals surface area contributed by atoms with Crippen LogP contribution >= 0.6 is 0 Å². The SMILES string of the molecule is Oc1ccccc1C(F)(F)F.c1ccnnc1. The van der Waals surface area contributed by atoms with Crippen LogP contribution in [0, 0.1) is 0 Å². The number of aromatic nitrogens is 2. The van der Waals surface area contributed by atoms with Gasteiger partial charge in [0, 0.05) is 12.4 Å². The van der Waals surface area contributed by atoms with Crippen LogP contribution < -0.4 is 0 Å². The van der Waals surface area contributed by atoms with E-state index in [1.807, 2.05) is 12.1 Å². The Hall–Kier alpha value is -2.11. The van der Waals surface area contributed by atoms with Gasteiger partial charge in [0.2, 0.25) is 0 Å². The van der Waals surface area contributed by atoms with Gasteiger partial charge in [0.15, 0.2) is 0 Å². The maximum Gasteiger partial charge on any atom is 0.419 e. The van der Waals surface area contributed by atoms with Gasteiger partial charge in [0.05, 0.1) is 5.56 Å². The van der Waals surface area contributed by atoms with E-state index in [2.05, 4.69) is 10.2 Å². The van der Waals surface area contributed by atoms with E-state index in [-0.39, 0.29) is 0 Å². The van der Waals surface area contributed by atoms with Gasteiger partial charge in [-0.15, -0.1) is 0 Å². The molecule has 0 bridgehead atoms. The molecule has 1 aromatic heterocycles. The number of hydrogen-bond acceptors (Lipinski definition) is 3. The van der Waals surface area contributed by atoms with Gasteiger partial charge in [-0.1, -0.05) is 12.1 Å². The fourth-order valence-corrected chi connectivity index (χ4v) is 0.967. The van der Waals surface area contributed by atoms with Crippen LogP contribution in [-0.4, -0.2) is 15.3 Å². The molecule has 17 heavy (non-hydrogen) atoms. The van der Waals surface area contributed by atoms with E-state index in [0.29, 0.717) is 0 Å². The standard InChI is InChI=1S/C7H5F3O.C4H4N2/c8-7(9,10)5-3-1-2-4-6(5)11;1-2-4-6-5-3-1/h1-4,11H;1-4H. The summed E-state index contributed by atoms with van der Waals surface area (Å²) in [6.45, 7) is 0. The molecule has 1 aromatic carbocycles. The fraction of sp³-hybridized carbons (Fsp3) is 0.0909. The van der Waals surface area contributed by atoms with Gasteiger partial charge >= 0.3 is 6.18 Å². The van der Waals surface area contributed by atoms with Crippen molar-refractivity contribution in [2.75, 3.05) is 0 Å². The van der Waals surface area contributed by atoms with E-state index in [1.54, 1.807) is 12.4 Å². The Balaban J connectivity index is 0.000000202. The molecule has 1 heterocycles. The molecule has 2 rings (SSSR count). The Bertz CT molecular complexity index is 419. The minimum atomic E-state index is -4.47. The molecular weight excluding hydrogens is 233 g/mol. The van der Waals surface area contributed by atoms with E-state index < -0.39 is 17.5 Å². The number of alkyl halides is 3. The van der Waals surface area contributed by atoms with Crippen molar-refractivity contribution in [3.8, 4) is 5.75 Å². The zero-order valence-electron chi connectivity index (χ0n) is 8.59. The summed E-state index contributed by atoms with van der Waals surface area (Å²) in [4.78, 5) is 0. The van der Waals surface area contributed by atoms with Crippen LogP contribution in [0.15, 0.2) is 48.8 Å². The summed E-state index contributed by atoms with van der Waals surface area (Å²) in [6.07, 6.45) is -1.19. The van der Waals surface area contributed by atoms with Crippen molar-refractivity contribution >= 4 is 0 Å². The largest absolute Gasteiger partial charge is 0.507 e. The maximum absolute atomic E-state index is 11.9. The second-order valence-electron chi connectivity index (χ2n) is 2.93. The predicted molar refractivity (Wildman–Crippen MR) is 55.1 cm³/mol. The first-order chi connectivity index (χ1) is 8.02. The first kappa shape index (κ1) is 13.0. The summed E-state index contributed by atoms with van der Waals surface area (Å²) >= 11 is 0. The predicted octanol–water partition coefficient (Wildman–Crippen LogP) is 2.89. The lowest BCUT2D eigenvalue weighted by Crippen LogP contribution is -2.04. The van der Waals surface area contributed by atoms with Crippen molar-refractivity contribution in [3.63, 3.8) is 0 Å². The number of halogens is 3.